The molecular weight excluding hydrogens is 505 g/mol. The molecular formula is C24H30IN3OS. The zero-order chi connectivity index (χ0) is 20.6. The monoisotopic (exact) mass is 535 g/mol. The van der Waals surface area contributed by atoms with Crippen LogP contribution in [-0.2, 0) is 4.74 Å². The highest BCUT2D eigenvalue weighted by atomic mass is 127. The van der Waals surface area contributed by atoms with Crippen LogP contribution in [0.4, 0.5) is 11.4 Å². The molecule has 1 fully saturated rings. The summed E-state index contributed by atoms with van der Waals surface area (Å²) in [6, 6.07) is 17.0. The van der Waals surface area contributed by atoms with Gasteiger partial charge in [0.15, 0.2) is 5.54 Å². The maximum Gasteiger partial charge on any atom is 0.362 e. The van der Waals surface area contributed by atoms with Crippen LogP contribution in [0.15, 0.2) is 53.5 Å². The number of nitrogens with zero attached hydrogens (tertiary/aromatic N) is 2. The van der Waals surface area contributed by atoms with Gasteiger partial charge >= 0.3 is 5.17 Å². The zero-order valence-electron chi connectivity index (χ0n) is 18.3. The fourth-order valence-corrected chi connectivity index (χ4v) is 5.26. The lowest BCUT2D eigenvalue weighted by atomic mass is 9.79. The van der Waals surface area contributed by atoms with Gasteiger partial charge in [-0.15, -0.1) is 0 Å². The lowest BCUT2D eigenvalue weighted by Gasteiger charge is -2.41. The molecule has 2 aliphatic rings. The molecule has 1 saturated heterocycles. The molecule has 2 aromatic carbocycles. The first-order valence-electron chi connectivity index (χ1n) is 10.2. The Labute approximate surface area is 201 Å². The van der Waals surface area contributed by atoms with E-state index in [4.69, 9.17) is 9.73 Å². The Kier molecular flexibility index (Phi) is 6.99. The minimum absolute atomic E-state index is 0. The van der Waals surface area contributed by atoms with Gasteiger partial charge in [0.25, 0.3) is 5.84 Å². The fraction of sp³-hybridized carbons (Fsp3) is 0.417. The molecule has 1 unspecified atom stereocenters. The molecule has 0 radical (unpaired) electrons. The molecule has 0 aromatic heterocycles. The SMILES string of the molecule is CSC1=[N+](c2ccccc2)C2(CCOC(C)(C)C2)C(Nc2c(C)cccc2C)=N1.[I-]. The van der Waals surface area contributed by atoms with E-state index in [-0.39, 0.29) is 35.1 Å². The highest BCUT2D eigenvalue weighted by Crippen LogP contribution is 2.43. The average molecular weight is 535 g/mol. The van der Waals surface area contributed by atoms with Crippen molar-refractivity contribution in [3.8, 4) is 0 Å². The van der Waals surface area contributed by atoms with Crippen LogP contribution in [0.5, 0.6) is 0 Å². The van der Waals surface area contributed by atoms with Crippen molar-refractivity contribution in [2.24, 2.45) is 4.99 Å². The highest BCUT2D eigenvalue weighted by Gasteiger charge is 2.58. The second-order valence-electron chi connectivity index (χ2n) is 8.58. The first kappa shape index (κ1) is 23.3. The van der Waals surface area contributed by atoms with E-state index in [0.717, 1.165) is 29.5 Å². The van der Waals surface area contributed by atoms with E-state index in [2.05, 4.69) is 92.4 Å². The Morgan fingerprint density at radius 3 is 2.30 bits per heavy atom. The van der Waals surface area contributed by atoms with Crippen molar-refractivity contribution in [2.45, 2.75) is 51.7 Å². The molecule has 160 valence electrons. The molecule has 1 atom stereocenters. The molecule has 1 N–H and O–H groups in total. The van der Waals surface area contributed by atoms with Crippen molar-refractivity contribution >= 4 is 34.1 Å². The summed E-state index contributed by atoms with van der Waals surface area (Å²) in [5.74, 6) is 1.03. The molecule has 0 saturated carbocycles. The molecule has 4 nitrogen and oxygen atoms in total. The maximum atomic E-state index is 6.13. The summed E-state index contributed by atoms with van der Waals surface area (Å²) in [6.07, 6.45) is 3.87. The van der Waals surface area contributed by atoms with E-state index in [9.17, 15) is 0 Å². The second-order valence-corrected chi connectivity index (χ2v) is 9.35. The van der Waals surface area contributed by atoms with Gasteiger partial charge in [-0.05, 0) is 74.0 Å². The molecule has 6 heteroatoms. The van der Waals surface area contributed by atoms with Gasteiger partial charge in [0.1, 0.15) is 5.69 Å². The van der Waals surface area contributed by atoms with Gasteiger partial charge in [0.2, 0.25) is 0 Å². The van der Waals surface area contributed by atoms with Gasteiger partial charge in [0, 0.05) is 18.5 Å². The average Bonchev–Trinajstić information content (AvgIpc) is 2.96. The lowest BCUT2D eigenvalue weighted by molar-refractivity contribution is -0.518. The number of aliphatic imine (C=N–C) groups is 1. The van der Waals surface area contributed by atoms with E-state index < -0.39 is 0 Å². The van der Waals surface area contributed by atoms with Crippen molar-refractivity contribution in [3.05, 3.63) is 59.7 Å². The Morgan fingerprint density at radius 1 is 1.03 bits per heavy atom. The predicted molar refractivity (Wildman–Crippen MR) is 124 cm³/mol. The molecule has 2 aromatic rings. The number of anilines is 1. The van der Waals surface area contributed by atoms with Crippen molar-refractivity contribution in [2.75, 3.05) is 18.2 Å². The number of hydrogen-bond acceptors (Lipinski definition) is 4. The number of rotatable bonds is 2. The van der Waals surface area contributed by atoms with Crippen LogP contribution in [0.1, 0.15) is 37.8 Å². The molecule has 0 aliphatic carbocycles. The Balaban J connectivity index is 0.00000256. The summed E-state index contributed by atoms with van der Waals surface area (Å²) in [4.78, 5) is 5.14. The summed E-state index contributed by atoms with van der Waals surface area (Å²) in [5.41, 5.74) is 4.33. The van der Waals surface area contributed by atoms with Crippen LogP contribution in [-0.4, -0.2) is 39.6 Å². The number of hydrogen-bond donors (Lipinski definition) is 1. The largest absolute Gasteiger partial charge is 1.00 e. The number of halogens is 1. The number of para-hydroxylation sites is 2. The highest BCUT2D eigenvalue weighted by molar-refractivity contribution is 8.13. The maximum absolute atomic E-state index is 6.13. The van der Waals surface area contributed by atoms with Crippen molar-refractivity contribution in [1.82, 2.24) is 0 Å². The minimum Gasteiger partial charge on any atom is -1.00 e. The quantitative estimate of drug-likeness (QED) is 0.475. The summed E-state index contributed by atoms with van der Waals surface area (Å²) in [5, 5.41) is 4.79. The minimum atomic E-state index is -0.254. The fourth-order valence-electron chi connectivity index (χ4n) is 4.62. The number of benzene rings is 2. The smallest absolute Gasteiger partial charge is 0.362 e. The van der Waals surface area contributed by atoms with Crippen LogP contribution < -0.4 is 29.3 Å². The predicted octanol–water partition coefficient (Wildman–Crippen LogP) is 2.52. The molecule has 0 amide bonds. The summed E-state index contributed by atoms with van der Waals surface area (Å²) in [6.45, 7) is 9.39. The van der Waals surface area contributed by atoms with Gasteiger partial charge < -0.3 is 34.0 Å². The van der Waals surface area contributed by atoms with Gasteiger partial charge in [0.05, 0.1) is 12.2 Å². The number of amidine groups is 2. The Hall–Kier alpha value is -1.38. The van der Waals surface area contributed by atoms with E-state index in [1.807, 2.05) is 0 Å². The number of thioether (sulfide) groups is 1. The Morgan fingerprint density at radius 2 is 1.70 bits per heavy atom. The van der Waals surface area contributed by atoms with E-state index >= 15 is 0 Å². The van der Waals surface area contributed by atoms with Gasteiger partial charge in [-0.1, -0.05) is 36.4 Å². The summed E-state index contributed by atoms with van der Waals surface area (Å²) >= 11 is 1.70. The molecule has 2 aliphatic heterocycles. The molecule has 4 rings (SSSR count). The number of aryl methyl sites for hydroxylation is 2. The number of nitrogens with one attached hydrogen (secondary N) is 1. The third-order valence-electron chi connectivity index (χ3n) is 5.92. The molecule has 0 bridgehead atoms. The third-order valence-corrected chi connectivity index (χ3v) is 6.55. The van der Waals surface area contributed by atoms with Crippen LogP contribution in [0.2, 0.25) is 0 Å². The topological polar surface area (TPSA) is 36.6 Å². The van der Waals surface area contributed by atoms with Crippen LogP contribution in [0, 0.1) is 13.8 Å². The van der Waals surface area contributed by atoms with Crippen LogP contribution in [0.3, 0.4) is 0 Å². The van der Waals surface area contributed by atoms with Crippen LogP contribution in [0.25, 0.3) is 0 Å². The summed E-state index contributed by atoms with van der Waals surface area (Å²) in [7, 11) is 0. The van der Waals surface area contributed by atoms with Gasteiger partial charge in [-0.3, -0.25) is 0 Å². The van der Waals surface area contributed by atoms with E-state index in [1.165, 1.54) is 16.8 Å². The van der Waals surface area contributed by atoms with Gasteiger partial charge in [-0.2, -0.15) is 0 Å². The molecule has 30 heavy (non-hydrogen) atoms. The normalized spacial score (nSPS) is 22.6. The number of ether oxygens (including phenoxy) is 1. The van der Waals surface area contributed by atoms with Crippen molar-refractivity contribution in [3.63, 3.8) is 0 Å². The first-order chi connectivity index (χ1) is 13.9. The first-order valence-corrected chi connectivity index (χ1v) is 11.4. The molecule has 2 heterocycles. The van der Waals surface area contributed by atoms with Crippen molar-refractivity contribution in [1.29, 1.82) is 0 Å². The Bertz CT molecular complexity index is 967. The lowest BCUT2D eigenvalue weighted by Crippen LogP contribution is -3.00. The van der Waals surface area contributed by atoms with E-state index in [1.54, 1.807) is 11.8 Å². The van der Waals surface area contributed by atoms with Crippen molar-refractivity contribution < 1.29 is 33.3 Å². The standard InChI is InChI=1S/C24H29N3OS.HI/c1-17-10-9-11-18(2)20(17)25-21-24(14-15-28-23(3,4)16-24)27(22(26-21)29-5)19-12-7-6-8-13-19;/h6-13H,14-16H2,1-5H3;1H. The second kappa shape index (κ2) is 9.01. The van der Waals surface area contributed by atoms with Gasteiger partial charge in [-0.25, -0.2) is 4.58 Å². The van der Waals surface area contributed by atoms with E-state index in [0.29, 0.717) is 6.61 Å². The summed E-state index contributed by atoms with van der Waals surface area (Å²) < 4.78 is 8.55. The third kappa shape index (κ3) is 4.18. The van der Waals surface area contributed by atoms with Crippen LogP contribution >= 0.6 is 11.8 Å². The molecule has 1 spiro atoms. The zero-order valence-corrected chi connectivity index (χ0v) is 21.3.